The van der Waals surface area contributed by atoms with Crippen LogP contribution in [0.15, 0.2) is 35.4 Å². The molecule has 6 nitrogen and oxygen atoms in total. The van der Waals surface area contributed by atoms with Gasteiger partial charge in [0.15, 0.2) is 5.82 Å². The molecule has 0 aliphatic rings. The Morgan fingerprint density at radius 1 is 1.38 bits per heavy atom. The number of rotatable bonds is 4. The fourth-order valence-electron chi connectivity index (χ4n) is 1.37. The quantitative estimate of drug-likeness (QED) is 0.771. The third-order valence-electron chi connectivity index (χ3n) is 2.17. The second-order valence-electron chi connectivity index (χ2n) is 3.35. The van der Waals surface area contributed by atoms with Gasteiger partial charge in [-0.25, -0.2) is 9.36 Å². The summed E-state index contributed by atoms with van der Waals surface area (Å²) in [4.78, 5) is 11.5. The molecule has 2 aromatic heterocycles. The van der Waals surface area contributed by atoms with E-state index in [0.717, 1.165) is 6.42 Å². The van der Waals surface area contributed by atoms with E-state index < -0.39 is 0 Å². The van der Waals surface area contributed by atoms with Crippen LogP contribution in [0.1, 0.15) is 6.42 Å². The smallest absolute Gasteiger partial charge is 0.266 e. The Morgan fingerprint density at radius 2 is 2.25 bits per heavy atom. The number of nitrogens with zero attached hydrogens (tertiary/aromatic N) is 4. The van der Waals surface area contributed by atoms with Gasteiger partial charge in [-0.3, -0.25) is 4.79 Å². The summed E-state index contributed by atoms with van der Waals surface area (Å²) in [5.74, 6) is 0.627. The van der Waals surface area contributed by atoms with Crippen LogP contribution < -0.4 is 11.3 Å². The average molecular weight is 219 g/mol. The highest BCUT2D eigenvalue weighted by molar-refractivity contribution is 5.17. The van der Waals surface area contributed by atoms with E-state index in [2.05, 4.69) is 10.2 Å². The maximum absolute atomic E-state index is 11.5. The van der Waals surface area contributed by atoms with Crippen LogP contribution in [0.5, 0.6) is 0 Å². The molecule has 0 atom stereocenters. The Kier molecular flexibility index (Phi) is 3.11. The molecule has 0 amide bonds. The highest BCUT2D eigenvalue weighted by atomic mass is 16.1. The number of hydrogen-bond donors (Lipinski definition) is 1. The minimum absolute atomic E-state index is 0.121. The molecule has 2 N–H and O–H groups in total. The first-order chi connectivity index (χ1) is 7.81. The Labute approximate surface area is 92.3 Å². The predicted octanol–water partition coefficient (Wildman–Crippen LogP) is -0.222. The molecule has 0 aliphatic heterocycles. The fourth-order valence-corrected chi connectivity index (χ4v) is 1.37. The molecule has 0 aromatic carbocycles. The molecule has 0 saturated carbocycles. The van der Waals surface area contributed by atoms with E-state index in [1.165, 1.54) is 10.7 Å². The van der Waals surface area contributed by atoms with Crippen molar-refractivity contribution in [2.45, 2.75) is 13.0 Å². The predicted molar refractivity (Wildman–Crippen MR) is 59.3 cm³/mol. The molecule has 2 rings (SSSR count). The van der Waals surface area contributed by atoms with E-state index in [1.807, 2.05) is 0 Å². The van der Waals surface area contributed by atoms with Gasteiger partial charge in [0.2, 0.25) is 0 Å². The lowest BCUT2D eigenvalue weighted by Gasteiger charge is -2.05. The van der Waals surface area contributed by atoms with Crippen molar-refractivity contribution in [2.24, 2.45) is 5.73 Å². The Balaban J connectivity index is 2.32. The van der Waals surface area contributed by atoms with Gasteiger partial charge in [0, 0.05) is 25.0 Å². The first-order valence-corrected chi connectivity index (χ1v) is 5.09. The van der Waals surface area contributed by atoms with Crippen molar-refractivity contribution in [3.63, 3.8) is 0 Å². The SMILES string of the molecule is NCCCn1nc(-n2cccn2)ccc1=O. The van der Waals surface area contributed by atoms with Gasteiger partial charge in [-0.05, 0) is 25.1 Å². The third kappa shape index (κ3) is 2.17. The Hall–Kier alpha value is -1.95. The lowest BCUT2D eigenvalue weighted by Crippen LogP contribution is -2.24. The standard InChI is InChI=1S/C10H13N5O/c11-5-1-7-15-10(16)4-3-9(13-15)14-8-2-6-12-14/h2-4,6,8H,1,5,7,11H2. The van der Waals surface area contributed by atoms with E-state index >= 15 is 0 Å². The van der Waals surface area contributed by atoms with Crippen molar-refractivity contribution >= 4 is 0 Å². The van der Waals surface area contributed by atoms with E-state index in [0.29, 0.717) is 18.9 Å². The molecule has 0 bridgehead atoms. The molecule has 0 aliphatic carbocycles. The summed E-state index contributed by atoms with van der Waals surface area (Å²) in [6, 6.07) is 4.94. The number of aromatic nitrogens is 4. The van der Waals surface area contributed by atoms with Gasteiger partial charge in [-0.15, -0.1) is 5.10 Å². The molecule has 0 fully saturated rings. The molecule has 2 aromatic rings. The van der Waals surface area contributed by atoms with Gasteiger partial charge in [0.1, 0.15) is 0 Å². The number of aryl methyl sites for hydroxylation is 1. The molecule has 2 heterocycles. The summed E-state index contributed by atoms with van der Waals surface area (Å²) in [5.41, 5.74) is 5.28. The Morgan fingerprint density at radius 3 is 2.94 bits per heavy atom. The maximum atomic E-state index is 11.5. The zero-order valence-electron chi connectivity index (χ0n) is 8.78. The van der Waals surface area contributed by atoms with Crippen LogP contribution in [0.2, 0.25) is 0 Å². The third-order valence-corrected chi connectivity index (χ3v) is 2.17. The van der Waals surface area contributed by atoms with Crippen molar-refractivity contribution in [1.82, 2.24) is 19.6 Å². The Bertz CT molecular complexity index is 502. The van der Waals surface area contributed by atoms with E-state index in [9.17, 15) is 4.79 Å². The van der Waals surface area contributed by atoms with E-state index in [4.69, 9.17) is 5.73 Å². The van der Waals surface area contributed by atoms with E-state index in [1.54, 1.807) is 29.2 Å². The summed E-state index contributed by atoms with van der Waals surface area (Å²) in [6.45, 7) is 1.07. The minimum atomic E-state index is -0.121. The molecule has 0 radical (unpaired) electrons. The summed E-state index contributed by atoms with van der Waals surface area (Å²) in [7, 11) is 0. The van der Waals surface area contributed by atoms with Crippen LogP contribution in [0.4, 0.5) is 0 Å². The van der Waals surface area contributed by atoms with Crippen LogP contribution in [0.25, 0.3) is 5.82 Å². The van der Waals surface area contributed by atoms with Gasteiger partial charge in [0.05, 0.1) is 0 Å². The zero-order chi connectivity index (χ0) is 11.4. The van der Waals surface area contributed by atoms with Crippen LogP contribution >= 0.6 is 0 Å². The van der Waals surface area contributed by atoms with Gasteiger partial charge < -0.3 is 5.73 Å². The average Bonchev–Trinajstić information content (AvgIpc) is 2.81. The summed E-state index contributed by atoms with van der Waals surface area (Å²) in [6.07, 6.45) is 4.17. The lowest BCUT2D eigenvalue weighted by atomic mass is 10.4. The lowest BCUT2D eigenvalue weighted by molar-refractivity contribution is 0.544. The normalized spacial score (nSPS) is 10.6. The van der Waals surface area contributed by atoms with Crippen molar-refractivity contribution < 1.29 is 0 Å². The first kappa shape index (κ1) is 10.6. The van der Waals surface area contributed by atoms with E-state index in [-0.39, 0.29) is 5.56 Å². The minimum Gasteiger partial charge on any atom is -0.330 e. The highest BCUT2D eigenvalue weighted by Crippen LogP contribution is 1.98. The summed E-state index contributed by atoms with van der Waals surface area (Å²) < 4.78 is 3.02. The molecule has 0 unspecified atom stereocenters. The van der Waals surface area contributed by atoms with Crippen molar-refractivity contribution in [3.8, 4) is 5.82 Å². The van der Waals surface area contributed by atoms with Gasteiger partial charge in [0.25, 0.3) is 5.56 Å². The molecule has 0 saturated heterocycles. The second-order valence-corrected chi connectivity index (χ2v) is 3.35. The maximum Gasteiger partial charge on any atom is 0.266 e. The molecular formula is C10H13N5O. The number of hydrogen-bond acceptors (Lipinski definition) is 4. The fraction of sp³-hybridized carbons (Fsp3) is 0.300. The molecule has 0 spiro atoms. The monoisotopic (exact) mass is 219 g/mol. The van der Waals surface area contributed by atoms with Crippen LogP contribution in [-0.4, -0.2) is 26.1 Å². The second kappa shape index (κ2) is 4.71. The molecule has 84 valence electrons. The summed E-state index contributed by atoms with van der Waals surface area (Å²) >= 11 is 0. The summed E-state index contributed by atoms with van der Waals surface area (Å²) in [5, 5.41) is 8.25. The van der Waals surface area contributed by atoms with Crippen LogP contribution in [0, 0.1) is 0 Å². The zero-order valence-corrected chi connectivity index (χ0v) is 8.78. The first-order valence-electron chi connectivity index (χ1n) is 5.09. The van der Waals surface area contributed by atoms with Crippen molar-refractivity contribution in [1.29, 1.82) is 0 Å². The van der Waals surface area contributed by atoms with Crippen molar-refractivity contribution in [3.05, 3.63) is 40.9 Å². The molecular weight excluding hydrogens is 206 g/mol. The molecule has 6 heteroatoms. The molecule has 16 heavy (non-hydrogen) atoms. The van der Waals surface area contributed by atoms with Gasteiger partial charge in [-0.1, -0.05) is 0 Å². The topological polar surface area (TPSA) is 78.7 Å². The largest absolute Gasteiger partial charge is 0.330 e. The van der Waals surface area contributed by atoms with Crippen LogP contribution in [0.3, 0.4) is 0 Å². The highest BCUT2D eigenvalue weighted by Gasteiger charge is 2.01. The number of nitrogens with two attached hydrogens (primary N) is 1. The van der Waals surface area contributed by atoms with Gasteiger partial charge in [-0.2, -0.15) is 5.10 Å². The van der Waals surface area contributed by atoms with Crippen molar-refractivity contribution in [2.75, 3.05) is 6.54 Å². The van der Waals surface area contributed by atoms with Crippen LogP contribution in [-0.2, 0) is 6.54 Å². The van der Waals surface area contributed by atoms with Gasteiger partial charge >= 0.3 is 0 Å².